The van der Waals surface area contributed by atoms with E-state index >= 15 is 0 Å². The van der Waals surface area contributed by atoms with E-state index in [-0.39, 0.29) is 18.0 Å². The molecule has 182 valence electrons. The van der Waals surface area contributed by atoms with Gasteiger partial charge in [0.05, 0.1) is 13.2 Å². The van der Waals surface area contributed by atoms with Crippen LogP contribution in [0.3, 0.4) is 0 Å². The fraction of sp³-hybridized carbons (Fsp3) is 0.462. The Hall–Kier alpha value is -2.94. The van der Waals surface area contributed by atoms with Crippen molar-refractivity contribution in [2.24, 2.45) is 0 Å². The molecular formula is C26H34N4O4. The van der Waals surface area contributed by atoms with E-state index in [0.717, 1.165) is 50.5 Å². The number of hydrogen-bond donors (Lipinski definition) is 2. The van der Waals surface area contributed by atoms with Crippen molar-refractivity contribution in [2.75, 3.05) is 64.5 Å². The Morgan fingerprint density at radius 1 is 1.12 bits per heavy atom. The molecule has 2 aliphatic rings. The van der Waals surface area contributed by atoms with E-state index in [9.17, 15) is 9.59 Å². The number of carbonyl (C=O) groups excluding carboxylic acids is 2. The van der Waals surface area contributed by atoms with Crippen LogP contribution in [0.2, 0.25) is 0 Å². The van der Waals surface area contributed by atoms with Crippen LogP contribution < -0.4 is 10.6 Å². The first kappa shape index (κ1) is 24.2. The van der Waals surface area contributed by atoms with Crippen molar-refractivity contribution in [3.63, 3.8) is 0 Å². The molecule has 1 fully saturated rings. The number of hydrogen-bond acceptors (Lipinski definition) is 6. The van der Waals surface area contributed by atoms with Gasteiger partial charge in [0.15, 0.2) is 0 Å². The zero-order valence-corrected chi connectivity index (χ0v) is 19.8. The molecule has 8 heteroatoms. The number of benzene rings is 2. The molecule has 2 aromatic carbocycles. The van der Waals surface area contributed by atoms with Gasteiger partial charge < -0.3 is 25.0 Å². The largest absolute Gasteiger partial charge is 0.382 e. The van der Waals surface area contributed by atoms with Crippen molar-refractivity contribution in [3.05, 3.63) is 65.2 Å². The van der Waals surface area contributed by atoms with Crippen molar-refractivity contribution in [2.45, 2.75) is 19.5 Å². The van der Waals surface area contributed by atoms with Crippen LogP contribution in [-0.2, 0) is 9.47 Å². The summed E-state index contributed by atoms with van der Waals surface area (Å²) < 4.78 is 10.8. The third-order valence-electron chi connectivity index (χ3n) is 6.20. The van der Waals surface area contributed by atoms with Gasteiger partial charge in [-0.05, 0) is 37.6 Å². The molecule has 1 atom stereocenters. The van der Waals surface area contributed by atoms with Gasteiger partial charge in [-0.3, -0.25) is 14.5 Å². The molecular weight excluding hydrogens is 432 g/mol. The quantitative estimate of drug-likeness (QED) is 0.496. The molecule has 2 heterocycles. The van der Waals surface area contributed by atoms with Gasteiger partial charge in [-0.25, -0.2) is 0 Å². The number of ether oxygens (including phenoxy) is 2. The van der Waals surface area contributed by atoms with Crippen LogP contribution in [0, 0.1) is 0 Å². The number of carbonyl (C=O) groups is 2. The van der Waals surface area contributed by atoms with Gasteiger partial charge in [0.1, 0.15) is 6.17 Å². The number of nitrogens with zero attached hydrogens (tertiary/aromatic N) is 2. The summed E-state index contributed by atoms with van der Waals surface area (Å²) in [6.07, 6.45) is 0.474. The zero-order valence-electron chi connectivity index (χ0n) is 19.8. The molecule has 2 amide bonds. The van der Waals surface area contributed by atoms with Crippen molar-refractivity contribution in [1.29, 1.82) is 0 Å². The second-order valence-corrected chi connectivity index (χ2v) is 8.47. The van der Waals surface area contributed by atoms with Crippen LogP contribution in [0.15, 0.2) is 48.5 Å². The average molecular weight is 467 g/mol. The summed E-state index contributed by atoms with van der Waals surface area (Å²) in [5.74, 6) is -0.0880. The maximum Gasteiger partial charge on any atom is 0.256 e. The number of fused-ring (bicyclic) bond motifs is 1. The summed E-state index contributed by atoms with van der Waals surface area (Å²) in [5, 5.41) is 6.49. The van der Waals surface area contributed by atoms with Crippen LogP contribution in [0.25, 0.3) is 0 Å². The lowest BCUT2D eigenvalue weighted by atomic mass is 10.1. The molecule has 1 saturated heterocycles. The zero-order chi connectivity index (χ0) is 23.8. The predicted molar refractivity (Wildman–Crippen MR) is 131 cm³/mol. The van der Waals surface area contributed by atoms with Crippen molar-refractivity contribution < 1.29 is 19.1 Å². The summed E-state index contributed by atoms with van der Waals surface area (Å²) >= 11 is 0. The van der Waals surface area contributed by atoms with Gasteiger partial charge in [-0.15, -0.1) is 0 Å². The Bertz CT molecular complexity index is 977. The van der Waals surface area contributed by atoms with Gasteiger partial charge in [-0.1, -0.05) is 24.3 Å². The molecule has 2 aromatic rings. The average Bonchev–Trinajstić information content (AvgIpc) is 3.13. The fourth-order valence-corrected chi connectivity index (χ4v) is 4.40. The van der Waals surface area contributed by atoms with Crippen LogP contribution in [0.4, 0.5) is 5.69 Å². The SMILES string of the molecule is CCOCCCN1C(=O)c2ccccc2C1Nc1cccc(C(=O)NCCN2CCOCC2)c1. The third-order valence-corrected chi connectivity index (χ3v) is 6.20. The molecule has 8 nitrogen and oxygen atoms in total. The summed E-state index contributed by atoms with van der Waals surface area (Å²) in [6.45, 7) is 8.53. The van der Waals surface area contributed by atoms with Crippen molar-refractivity contribution in [1.82, 2.24) is 15.1 Å². The second-order valence-electron chi connectivity index (χ2n) is 8.47. The van der Waals surface area contributed by atoms with Gasteiger partial charge in [0.2, 0.25) is 0 Å². The summed E-state index contributed by atoms with van der Waals surface area (Å²) in [4.78, 5) is 29.9. The molecule has 4 rings (SSSR count). The Kier molecular flexibility index (Phi) is 8.51. The minimum Gasteiger partial charge on any atom is -0.382 e. The molecule has 34 heavy (non-hydrogen) atoms. The number of anilines is 1. The minimum atomic E-state index is -0.287. The number of morpholine rings is 1. The van der Waals surface area contributed by atoms with E-state index in [0.29, 0.717) is 37.4 Å². The maximum absolute atomic E-state index is 13.1. The highest BCUT2D eigenvalue weighted by molar-refractivity contribution is 5.99. The highest BCUT2D eigenvalue weighted by Crippen LogP contribution is 2.34. The monoisotopic (exact) mass is 466 g/mol. The van der Waals surface area contributed by atoms with Crippen LogP contribution in [0.5, 0.6) is 0 Å². The lowest BCUT2D eigenvalue weighted by molar-refractivity contribution is 0.0383. The molecule has 1 unspecified atom stereocenters. The second kappa shape index (κ2) is 12.0. The normalized spacial score (nSPS) is 18.1. The molecule has 0 spiro atoms. The van der Waals surface area contributed by atoms with Crippen LogP contribution in [0.1, 0.15) is 45.8 Å². The van der Waals surface area contributed by atoms with E-state index < -0.39 is 0 Å². The molecule has 2 aliphatic heterocycles. The molecule has 0 saturated carbocycles. The Balaban J connectivity index is 1.40. The Labute approximate surface area is 201 Å². The highest BCUT2D eigenvalue weighted by atomic mass is 16.5. The predicted octanol–water partition coefficient (Wildman–Crippen LogP) is 2.74. The smallest absolute Gasteiger partial charge is 0.256 e. The number of rotatable bonds is 11. The molecule has 2 N–H and O–H groups in total. The number of amides is 2. The van der Waals surface area contributed by atoms with E-state index in [1.54, 1.807) is 0 Å². The van der Waals surface area contributed by atoms with E-state index in [1.807, 2.05) is 60.4 Å². The topological polar surface area (TPSA) is 83.1 Å². The lowest BCUT2D eigenvalue weighted by Crippen LogP contribution is -2.41. The van der Waals surface area contributed by atoms with E-state index in [4.69, 9.17) is 9.47 Å². The van der Waals surface area contributed by atoms with Crippen molar-refractivity contribution in [3.8, 4) is 0 Å². The first-order chi connectivity index (χ1) is 16.7. The fourth-order valence-electron chi connectivity index (χ4n) is 4.40. The minimum absolute atomic E-state index is 0.0154. The Morgan fingerprint density at radius 3 is 2.76 bits per heavy atom. The number of nitrogens with one attached hydrogen (secondary N) is 2. The summed E-state index contributed by atoms with van der Waals surface area (Å²) in [5.41, 5.74) is 3.05. The van der Waals surface area contributed by atoms with Gasteiger partial charge in [-0.2, -0.15) is 0 Å². The van der Waals surface area contributed by atoms with E-state index in [2.05, 4.69) is 15.5 Å². The summed E-state index contributed by atoms with van der Waals surface area (Å²) in [7, 11) is 0. The molecule has 0 aliphatic carbocycles. The third kappa shape index (κ3) is 5.94. The van der Waals surface area contributed by atoms with E-state index in [1.165, 1.54) is 0 Å². The highest BCUT2D eigenvalue weighted by Gasteiger charge is 2.36. The van der Waals surface area contributed by atoms with Crippen LogP contribution >= 0.6 is 0 Å². The standard InChI is InChI=1S/C26H34N4O4/c1-2-33-16-6-12-30-24(22-9-3-4-10-23(22)26(30)32)28-21-8-5-7-20(19-21)25(31)27-11-13-29-14-17-34-18-15-29/h3-5,7-10,19,24,28H,2,6,11-18H2,1H3,(H,27,31). The van der Waals surface area contributed by atoms with Gasteiger partial charge in [0, 0.05) is 68.3 Å². The van der Waals surface area contributed by atoms with Crippen LogP contribution in [-0.4, -0.2) is 80.8 Å². The lowest BCUT2D eigenvalue weighted by Gasteiger charge is -2.27. The first-order valence-corrected chi connectivity index (χ1v) is 12.1. The first-order valence-electron chi connectivity index (χ1n) is 12.1. The van der Waals surface area contributed by atoms with Gasteiger partial charge in [0.25, 0.3) is 11.8 Å². The molecule has 0 aromatic heterocycles. The molecule has 0 radical (unpaired) electrons. The Morgan fingerprint density at radius 2 is 1.94 bits per heavy atom. The molecule has 0 bridgehead atoms. The van der Waals surface area contributed by atoms with Gasteiger partial charge >= 0.3 is 0 Å². The maximum atomic E-state index is 13.1. The van der Waals surface area contributed by atoms with Crippen molar-refractivity contribution >= 4 is 17.5 Å². The summed E-state index contributed by atoms with van der Waals surface area (Å²) in [6, 6.07) is 15.1.